The fraction of sp³-hybridized carbons (Fsp3) is 0.545. The zero-order valence-corrected chi connectivity index (χ0v) is 7.61. The highest BCUT2D eigenvalue weighted by molar-refractivity contribution is 5.50. The van der Waals surface area contributed by atoms with Gasteiger partial charge in [-0.05, 0) is 24.7 Å². The second kappa shape index (κ2) is 3.88. The molecule has 2 atom stereocenters. The summed E-state index contributed by atoms with van der Waals surface area (Å²) < 4.78 is 5.12. The lowest BCUT2D eigenvalue weighted by atomic mass is 10.0. The van der Waals surface area contributed by atoms with Crippen molar-refractivity contribution in [3.63, 3.8) is 0 Å². The van der Waals surface area contributed by atoms with Gasteiger partial charge in [-0.1, -0.05) is 23.8 Å². The molecule has 2 aliphatic carbocycles. The maximum Gasteiger partial charge on any atom is 0.145 e. The minimum atomic E-state index is 0.233. The minimum Gasteiger partial charge on any atom is -0.374 e. The van der Waals surface area contributed by atoms with Crippen LogP contribution in [-0.2, 0) is 9.53 Å². The smallest absolute Gasteiger partial charge is 0.145 e. The predicted octanol–water partition coefficient (Wildman–Crippen LogP) is 1.72. The molecule has 2 aliphatic rings. The topological polar surface area (TPSA) is 26.3 Å². The van der Waals surface area contributed by atoms with Gasteiger partial charge in [0.1, 0.15) is 12.9 Å². The Morgan fingerprint density at radius 3 is 3.08 bits per heavy atom. The number of hydrogen-bond acceptors (Lipinski definition) is 2. The first-order chi connectivity index (χ1) is 6.40. The first-order valence-corrected chi connectivity index (χ1v) is 4.80. The first-order valence-electron chi connectivity index (χ1n) is 4.80. The second-order valence-corrected chi connectivity index (χ2v) is 3.62. The van der Waals surface area contributed by atoms with E-state index >= 15 is 0 Å². The van der Waals surface area contributed by atoms with Crippen LogP contribution in [0.3, 0.4) is 0 Å². The molecule has 0 aromatic carbocycles. The van der Waals surface area contributed by atoms with Crippen molar-refractivity contribution >= 4 is 6.29 Å². The quantitative estimate of drug-likeness (QED) is 0.364. The average Bonchev–Trinajstić information content (AvgIpc) is 2.73. The standard InChI is InChI=1S/C11H14O2/c12-4-6-13-5-3-11-8-9-1-2-10(11)7-9/h1-2,4,8-10H,3,5-7H2/t9-,10+/m0/s1. The zero-order chi connectivity index (χ0) is 9.10. The van der Waals surface area contributed by atoms with Crippen molar-refractivity contribution < 1.29 is 9.53 Å². The van der Waals surface area contributed by atoms with Crippen LogP contribution in [0.1, 0.15) is 12.8 Å². The number of aldehydes is 1. The normalized spacial score (nSPS) is 29.4. The molecule has 2 nitrogen and oxygen atoms in total. The van der Waals surface area contributed by atoms with Crippen molar-refractivity contribution in [1.29, 1.82) is 0 Å². The average molecular weight is 178 g/mol. The fourth-order valence-electron chi connectivity index (χ4n) is 2.11. The Bertz CT molecular complexity index is 253. The molecule has 0 aliphatic heterocycles. The summed E-state index contributed by atoms with van der Waals surface area (Å²) in [5.41, 5.74) is 1.50. The van der Waals surface area contributed by atoms with E-state index in [1.807, 2.05) is 0 Å². The van der Waals surface area contributed by atoms with Gasteiger partial charge in [0.15, 0.2) is 0 Å². The number of ether oxygens (including phenoxy) is 1. The number of allylic oxidation sites excluding steroid dienone is 3. The van der Waals surface area contributed by atoms with Crippen molar-refractivity contribution in [2.75, 3.05) is 13.2 Å². The van der Waals surface area contributed by atoms with E-state index in [1.54, 1.807) is 0 Å². The van der Waals surface area contributed by atoms with E-state index in [0.717, 1.165) is 12.7 Å². The summed E-state index contributed by atoms with van der Waals surface area (Å²) in [5.74, 6) is 1.36. The van der Waals surface area contributed by atoms with Crippen molar-refractivity contribution in [2.24, 2.45) is 11.8 Å². The molecular weight excluding hydrogens is 164 g/mol. The zero-order valence-electron chi connectivity index (χ0n) is 7.61. The van der Waals surface area contributed by atoms with E-state index in [2.05, 4.69) is 18.2 Å². The van der Waals surface area contributed by atoms with E-state index in [0.29, 0.717) is 18.4 Å². The maximum atomic E-state index is 9.98. The molecule has 0 saturated carbocycles. The van der Waals surface area contributed by atoms with Crippen molar-refractivity contribution in [3.05, 3.63) is 23.8 Å². The largest absolute Gasteiger partial charge is 0.374 e. The van der Waals surface area contributed by atoms with Gasteiger partial charge in [-0.3, -0.25) is 0 Å². The van der Waals surface area contributed by atoms with E-state index in [1.165, 1.54) is 12.0 Å². The lowest BCUT2D eigenvalue weighted by Crippen LogP contribution is -2.02. The fourth-order valence-corrected chi connectivity index (χ4v) is 2.11. The van der Waals surface area contributed by atoms with Gasteiger partial charge in [0.2, 0.25) is 0 Å². The van der Waals surface area contributed by atoms with Crippen LogP contribution in [0.15, 0.2) is 23.8 Å². The molecule has 13 heavy (non-hydrogen) atoms. The van der Waals surface area contributed by atoms with Gasteiger partial charge in [0.05, 0.1) is 6.61 Å². The SMILES string of the molecule is O=CCOCCC1=C[C@H]2C=C[C@@H]1C2. The molecule has 2 bridgehead atoms. The molecule has 0 heterocycles. The molecular formula is C11H14O2. The van der Waals surface area contributed by atoms with E-state index in [-0.39, 0.29) is 6.61 Å². The molecule has 70 valence electrons. The summed E-state index contributed by atoms with van der Waals surface area (Å²) in [6.07, 6.45) is 9.96. The Balaban J connectivity index is 1.72. The molecule has 0 unspecified atom stereocenters. The summed E-state index contributed by atoms with van der Waals surface area (Å²) in [7, 11) is 0. The van der Waals surface area contributed by atoms with Crippen LogP contribution in [0.4, 0.5) is 0 Å². The Morgan fingerprint density at radius 1 is 1.54 bits per heavy atom. The summed E-state index contributed by atoms with van der Waals surface area (Å²) in [5, 5.41) is 0. The third kappa shape index (κ3) is 1.89. The van der Waals surface area contributed by atoms with Gasteiger partial charge in [-0.15, -0.1) is 0 Å². The van der Waals surface area contributed by atoms with Crippen molar-refractivity contribution in [2.45, 2.75) is 12.8 Å². The lowest BCUT2D eigenvalue weighted by molar-refractivity contribution is -0.111. The van der Waals surface area contributed by atoms with Crippen LogP contribution in [0.2, 0.25) is 0 Å². The lowest BCUT2D eigenvalue weighted by Gasteiger charge is -2.08. The van der Waals surface area contributed by atoms with E-state index < -0.39 is 0 Å². The molecule has 0 aromatic heterocycles. The maximum absolute atomic E-state index is 9.98. The Kier molecular flexibility index (Phi) is 2.60. The minimum absolute atomic E-state index is 0.233. The molecule has 0 radical (unpaired) electrons. The highest BCUT2D eigenvalue weighted by Crippen LogP contribution is 2.39. The number of carbonyl (C=O) groups is 1. The molecule has 2 heteroatoms. The molecule has 0 saturated heterocycles. The summed E-state index contributed by atoms with van der Waals surface area (Å²) in [6.45, 7) is 0.916. The number of rotatable bonds is 5. The Labute approximate surface area is 78.3 Å². The van der Waals surface area contributed by atoms with Gasteiger partial charge < -0.3 is 9.53 Å². The monoisotopic (exact) mass is 178 g/mol. The number of carbonyl (C=O) groups excluding carboxylic acids is 1. The molecule has 0 fully saturated rings. The van der Waals surface area contributed by atoms with Crippen LogP contribution in [0.5, 0.6) is 0 Å². The summed E-state index contributed by atoms with van der Waals surface area (Å²) >= 11 is 0. The van der Waals surface area contributed by atoms with Crippen LogP contribution >= 0.6 is 0 Å². The van der Waals surface area contributed by atoms with Crippen molar-refractivity contribution in [3.8, 4) is 0 Å². The van der Waals surface area contributed by atoms with E-state index in [4.69, 9.17) is 4.74 Å². The van der Waals surface area contributed by atoms with Crippen LogP contribution in [0.25, 0.3) is 0 Å². The Hall–Kier alpha value is -0.890. The van der Waals surface area contributed by atoms with Gasteiger partial charge in [-0.25, -0.2) is 0 Å². The molecule has 0 N–H and O–H groups in total. The summed E-state index contributed by atoms with van der Waals surface area (Å²) in [6, 6.07) is 0. The van der Waals surface area contributed by atoms with Crippen LogP contribution in [-0.4, -0.2) is 19.5 Å². The predicted molar refractivity (Wildman–Crippen MR) is 50.3 cm³/mol. The second-order valence-electron chi connectivity index (χ2n) is 3.62. The van der Waals surface area contributed by atoms with E-state index in [9.17, 15) is 4.79 Å². The van der Waals surface area contributed by atoms with Gasteiger partial charge in [-0.2, -0.15) is 0 Å². The number of fused-ring (bicyclic) bond motifs is 2. The number of hydrogen-bond donors (Lipinski definition) is 0. The highest BCUT2D eigenvalue weighted by Gasteiger charge is 2.27. The van der Waals surface area contributed by atoms with Gasteiger partial charge in [0, 0.05) is 0 Å². The molecule has 0 spiro atoms. The van der Waals surface area contributed by atoms with Crippen LogP contribution in [0, 0.1) is 11.8 Å². The summed E-state index contributed by atoms with van der Waals surface area (Å²) in [4.78, 5) is 9.98. The third-order valence-corrected chi connectivity index (χ3v) is 2.74. The van der Waals surface area contributed by atoms with Crippen LogP contribution < -0.4 is 0 Å². The molecule has 2 rings (SSSR count). The molecule has 0 amide bonds. The highest BCUT2D eigenvalue weighted by atomic mass is 16.5. The Morgan fingerprint density at radius 2 is 2.46 bits per heavy atom. The first kappa shape index (κ1) is 8.70. The van der Waals surface area contributed by atoms with Gasteiger partial charge in [0.25, 0.3) is 0 Å². The third-order valence-electron chi connectivity index (χ3n) is 2.74. The van der Waals surface area contributed by atoms with Gasteiger partial charge >= 0.3 is 0 Å². The van der Waals surface area contributed by atoms with Crippen molar-refractivity contribution in [1.82, 2.24) is 0 Å². The molecule has 0 aromatic rings.